The Labute approximate surface area is 72.9 Å². The zero-order chi connectivity index (χ0) is 9.14. The summed E-state index contributed by atoms with van der Waals surface area (Å²) in [7, 11) is 2.02. The summed E-state index contributed by atoms with van der Waals surface area (Å²) >= 11 is 0. The van der Waals surface area contributed by atoms with Gasteiger partial charge >= 0.3 is 0 Å². The van der Waals surface area contributed by atoms with E-state index in [0.717, 1.165) is 19.4 Å². The molecule has 1 fully saturated rings. The molecule has 1 amide bonds. The summed E-state index contributed by atoms with van der Waals surface area (Å²) in [5.41, 5.74) is 10.7. The fraction of sp³-hybridized carbons (Fsp3) is 0.875. The Morgan fingerprint density at radius 1 is 1.75 bits per heavy atom. The Bertz CT molecular complexity index is 172. The molecule has 0 aromatic heterocycles. The minimum atomic E-state index is -0.267. The summed E-state index contributed by atoms with van der Waals surface area (Å²) in [6.45, 7) is 1.42. The van der Waals surface area contributed by atoms with Gasteiger partial charge in [-0.25, -0.2) is 0 Å². The van der Waals surface area contributed by atoms with E-state index >= 15 is 0 Å². The maximum atomic E-state index is 11.0. The first-order valence-corrected chi connectivity index (χ1v) is 4.36. The Morgan fingerprint density at radius 2 is 2.42 bits per heavy atom. The van der Waals surface area contributed by atoms with Gasteiger partial charge in [0.15, 0.2) is 0 Å². The van der Waals surface area contributed by atoms with Crippen LogP contribution in [0.2, 0.25) is 0 Å². The van der Waals surface area contributed by atoms with Crippen LogP contribution in [0.4, 0.5) is 0 Å². The average molecular weight is 171 g/mol. The van der Waals surface area contributed by atoms with E-state index in [9.17, 15) is 4.79 Å². The quantitative estimate of drug-likeness (QED) is 0.580. The number of amides is 1. The number of carbonyl (C=O) groups excluding carboxylic acids is 1. The molecule has 1 aliphatic rings. The molecule has 1 aliphatic heterocycles. The lowest BCUT2D eigenvalue weighted by Gasteiger charge is -2.25. The van der Waals surface area contributed by atoms with Gasteiger partial charge in [-0.05, 0) is 26.4 Å². The highest BCUT2D eigenvalue weighted by molar-refractivity contribution is 5.77. The Hall–Kier alpha value is -0.610. The molecule has 0 bridgehead atoms. The molecule has 70 valence electrons. The normalized spacial score (nSPS) is 27.3. The van der Waals surface area contributed by atoms with E-state index in [1.165, 1.54) is 0 Å². The van der Waals surface area contributed by atoms with Crippen molar-refractivity contribution in [3.8, 4) is 0 Å². The van der Waals surface area contributed by atoms with Gasteiger partial charge in [0.25, 0.3) is 0 Å². The molecule has 1 rings (SSSR count). The number of likely N-dealkylation sites (tertiary alicyclic amines) is 1. The summed E-state index contributed by atoms with van der Waals surface area (Å²) in [4.78, 5) is 13.1. The van der Waals surface area contributed by atoms with Crippen LogP contribution in [-0.2, 0) is 4.79 Å². The smallest absolute Gasteiger partial charge is 0.223 e. The van der Waals surface area contributed by atoms with Crippen molar-refractivity contribution in [2.45, 2.75) is 18.9 Å². The average Bonchev–Trinajstić information content (AvgIpc) is 2.38. The van der Waals surface area contributed by atoms with Gasteiger partial charge in [-0.15, -0.1) is 0 Å². The van der Waals surface area contributed by atoms with Gasteiger partial charge in [0.05, 0.1) is 5.92 Å². The highest BCUT2D eigenvalue weighted by atomic mass is 16.1. The highest BCUT2D eigenvalue weighted by Crippen LogP contribution is 2.21. The van der Waals surface area contributed by atoms with Crippen molar-refractivity contribution in [2.75, 3.05) is 20.1 Å². The molecule has 2 unspecified atom stereocenters. The molecule has 12 heavy (non-hydrogen) atoms. The van der Waals surface area contributed by atoms with E-state index in [0.29, 0.717) is 6.54 Å². The summed E-state index contributed by atoms with van der Waals surface area (Å²) in [6.07, 6.45) is 2.19. The van der Waals surface area contributed by atoms with Gasteiger partial charge in [-0.3, -0.25) is 4.79 Å². The van der Waals surface area contributed by atoms with E-state index in [1.54, 1.807) is 0 Å². The van der Waals surface area contributed by atoms with Crippen molar-refractivity contribution < 1.29 is 4.79 Å². The number of carbonyl (C=O) groups is 1. The van der Waals surface area contributed by atoms with Crippen LogP contribution in [0.5, 0.6) is 0 Å². The third kappa shape index (κ3) is 1.76. The molecular weight excluding hydrogens is 154 g/mol. The summed E-state index contributed by atoms with van der Waals surface area (Å²) in [6, 6.07) is 0.271. The molecule has 0 aromatic carbocycles. The topological polar surface area (TPSA) is 72.3 Å². The second kappa shape index (κ2) is 3.87. The third-order valence-electron chi connectivity index (χ3n) is 2.66. The molecule has 4 N–H and O–H groups in total. The first kappa shape index (κ1) is 9.48. The van der Waals surface area contributed by atoms with Gasteiger partial charge < -0.3 is 16.4 Å². The monoisotopic (exact) mass is 171 g/mol. The minimum absolute atomic E-state index is 0.169. The van der Waals surface area contributed by atoms with Crippen molar-refractivity contribution in [3.63, 3.8) is 0 Å². The zero-order valence-corrected chi connectivity index (χ0v) is 7.49. The first-order valence-electron chi connectivity index (χ1n) is 4.36. The molecule has 4 heteroatoms. The summed E-state index contributed by atoms with van der Waals surface area (Å²) in [5.74, 6) is -0.436. The van der Waals surface area contributed by atoms with Gasteiger partial charge in [-0.1, -0.05) is 0 Å². The molecule has 0 aromatic rings. The molecule has 4 nitrogen and oxygen atoms in total. The fourth-order valence-corrected chi connectivity index (χ4v) is 1.91. The van der Waals surface area contributed by atoms with E-state index in [2.05, 4.69) is 4.90 Å². The Balaban J connectivity index is 2.58. The van der Waals surface area contributed by atoms with Crippen LogP contribution in [0.25, 0.3) is 0 Å². The second-order valence-corrected chi connectivity index (χ2v) is 3.43. The van der Waals surface area contributed by atoms with Crippen molar-refractivity contribution in [1.82, 2.24) is 4.90 Å². The van der Waals surface area contributed by atoms with Crippen LogP contribution in [0.3, 0.4) is 0 Å². The lowest BCUT2D eigenvalue weighted by molar-refractivity contribution is -0.123. The maximum absolute atomic E-state index is 11.0. The van der Waals surface area contributed by atoms with E-state index in [1.807, 2.05) is 7.05 Å². The van der Waals surface area contributed by atoms with Crippen molar-refractivity contribution in [3.05, 3.63) is 0 Å². The molecule has 2 atom stereocenters. The molecule has 0 saturated carbocycles. The van der Waals surface area contributed by atoms with E-state index in [4.69, 9.17) is 11.5 Å². The number of hydrogen-bond acceptors (Lipinski definition) is 3. The molecule has 1 heterocycles. The molecular formula is C8H17N3O. The van der Waals surface area contributed by atoms with Crippen molar-refractivity contribution in [1.29, 1.82) is 0 Å². The second-order valence-electron chi connectivity index (χ2n) is 3.43. The SMILES string of the molecule is CN1CCCC1C(CN)C(N)=O. The van der Waals surface area contributed by atoms with Crippen LogP contribution in [0.15, 0.2) is 0 Å². The van der Waals surface area contributed by atoms with Crippen LogP contribution in [0.1, 0.15) is 12.8 Å². The van der Waals surface area contributed by atoms with Crippen LogP contribution in [0, 0.1) is 5.92 Å². The first-order chi connectivity index (χ1) is 5.66. The standard InChI is InChI=1S/C8H17N3O/c1-11-4-2-3-7(11)6(5-9)8(10)12/h6-7H,2-5,9H2,1H3,(H2,10,12). The molecule has 1 saturated heterocycles. The van der Waals surface area contributed by atoms with Crippen molar-refractivity contribution >= 4 is 5.91 Å². The minimum Gasteiger partial charge on any atom is -0.369 e. The molecule has 0 spiro atoms. The van der Waals surface area contributed by atoms with Crippen LogP contribution in [-0.4, -0.2) is 37.0 Å². The maximum Gasteiger partial charge on any atom is 0.223 e. The largest absolute Gasteiger partial charge is 0.369 e. The lowest BCUT2D eigenvalue weighted by atomic mass is 9.97. The molecule has 0 aliphatic carbocycles. The number of rotatable bonds is 3. The van der Waals surface area contributed by atoms with Gasteiger partial charge in [0.1, 0.15) is 0 Å². The summed E-state index contributed by atoms with van der Waals surface area (Å²) < 4.78 is 0. The number of nitrogens with two attached hydrogens (primary N) is 2. The van der Waals surface area contributed by atoms with E-state index < -0.39 is 0 Å². The third-order valence-corrected chi connectivity index (χ3v) is 2.66. The Morgan fingerprint density at radius 3 is 2.75 bits per heavy atom. The zero-order valence-electron chi connectivity index (χ0n) is 7.49. The Kier molecular flexibility index (Phi) is 3.05. The summed E-state index contributed by atoms with van der Waals surface area (Å²) in [5, 5.41) is 0. The highest BCUT2D eigenvalue weighted by Gasteiger charge is 2.31. The van der Waals surface area contributed by atoms with Crippen LogP contribution >= 0.6 is 0 Å². The lowest BCUT2D eigenvalue weighted by Crippen LogP contribution is -2.44. The predicted molar refractivity (Wildman–Crippen MR) is 47.4 cm³/mol. The number of hydrogen-bond donors (Lipinski definition) is 2. The predicted octanol–water partition coefficient (Wildman–Crippen LogP) is -0.859. The van der Waals surface area contributed by atoms with Gasteiger partial charge in [-0.2, -0.15) is 0 Å². The fourth-order valence-electron chi connectivity index (χ4n) is 1.91. The van der Waals surface area contributed by atoms with E-state index in [-0.39, 0.29) is 17.9 Å². The number of nitrogens with zero attached hydrogens (tertiary/aromatic N) is 1. The van der Waals surface area contributed by atoms with Crippen molar-refractivity contribution in [2.24, 2.45) is 17.4 Å². The van der Waals surface area contributed by atoms with Gasteiger partial charge in [0, 0.05) is 12.6 Å². The van der Waals surface area contributed by atoms with Crippen LogP contribution < -0.4 is 11.5 Å². The molecule has 0 radical (unpaired) electrons. The van der Waals surface area contributed by atoms with Gasteiger partial charge in [0.2, 0.25) is 5.91 Å². The number of primary amides is 1.